The second kappa shape index (κ2) is 1.44. The van der Waals surface area contributed by atoms with E-state index in [1.54, 1.807) is 0 Å². The van der Waals surface area contributed by atoms with Crippen molar-refractivity contribution in [3.8, 4) is 0 Å². The van der Waals surface area contributed by atoms with Crippen LogP contribution in [0.1, 0.15) is 19.3 Å². The van der Waals surface area contributed by atoms with Crippen molar-refractivity contribution in [3.05, 3.63) is 0 Å². The third-order valence-electron chi connectivity index (χ3n) is 2.52. The number of rotatable bonds is 0. The number of ketones is 1. The van der Waals surface area contributed by atoms with Gasteiger partial charge in [-0.3, -0.25) is 4.79 Å². The van der Waals surface area contributed by atoms with Gasteiger partial charge in [0.05, 0.1) is 10.5 Å². The van der Waals surface area contributed by atoms with Gasteiger partial charge in [0, 0.05) is 12.8 Å². The maximum absolute atomic E-state index is 11.0. The van der Waals surface area contributed by atoms with Crippen molar-refractivity contribution in [2.75, 3.05) is 5.75 Å². The summed E-state index contributed by atoms with van der Waals surface area (Å²) in [6, 6.07) is 0. The summed E-state index contributed by atoms with van der Waals surface area (Å²) in [5.74, 6) is 0.392. The van der Waals surface area contributed by atoms with Crippen LogP contribution in [0.3, 0.4) is 0 Å². The molecule has 0 unspecified atom stereocenters. The number of Topliss-reactive ketones (excluding diaryl/α,β-unsaturated/α-hetero) is 1. The fourth-order valence-corrected chi connectivity index (χ4v) is 3.50. The molecule has 1 saturated carbocycles. The topological polar surface area (TPSA) is 51.2 Å². The molecule has 0 N–H and O–H groups in total. The van der Waals surface area contributed by atoms with Gasteiger partial charge in [-0.05, 0) is 6.42 Å². The molecule has 0 aromatic carbocycles. The highest BCUT2D eigenvalue weighted by atomic mass is 32.2. The van der Waals surface area contributed by atoms with Crippen molar-refractivity contribution >= 4 is 15.6 Å². The molecule has 2 rings (SSSR count). The lowest BCUT2D eigenvalue weighted by molar-refractivity contribution is -0.126. The zero-order valence-corrected chi connectivity index (χ0v) is 6.28. The maximum atomic E-state index is 11.0. The molecule has 0 bridgehead atoms. The van der Waals surface area contributed by atoms with E-state index in [1.165, 1.54) is 0 Å². The molecular formula is C6H8O3S. The Morgan fingerprint density at radius 1 is 1.30 bits per heavy atom. The summed E-state index contributed by atoms with van der Waals surface area (Å²) in [6.07, 6.45) is 1.28. The lowest BCUT2D eigenvalue weighted by Gasteiger charge is -2.46. The molecule has 0 aromatic heterocycles. The predicted molar refractivity (Wildman–Crippen MR) is 35.4 cm³/mol. The summed E-state index contributed by atoms with van der Waals surface area (Å²) < 4.78 is 21.5. The standard InChI is InChI=1S/C6H8O3S/c7-5-3-6(4-5)1-2-10(6,8)9/h1-4H2. The highest BCUT2D eigenvalue weighted by molar-refractivity contribution is 7.94. The molecule has 1 heterocycles. The maximum Gasteiger partial charge on any atom is 0.156 e. The fraction of sp³-hybridized carbons (Fsp3) is 0.833. The fourth-order valence-electron chi connectivity index (χ4n) is 1.62. The van der Waals surface area contributed by atoms with Crippen LogP contribution >= 0.6 is 0 Å². The van der Waals surface area contributed by atoms with Crippen molar-refractivity contribution in [1.29, 1.82) is 0 Å². The van der Waals surface area contributed by atoms with Crippen LogP contribution in [0, 0.1) is 0 Å². The first kappa shape index (κ1) is 6.34. The second-order valence-corrected chi connectivity index (χ2v) is 5.65. The minimum Gasteiger partial charge on any atom is -0.300 e. The van der Waals surface area contributed by atoms with E-state index in [9.17, 15) is 13.2 Å². The summed E-state index contributed by atoms with van der Waals surface area (Å²) in [4.78, 5) is 10.5. The number of hydrogen-bond acceptors (Lipinski definition) is 3. The van der Waals surface area contributed by atoms with Crippen LogP contribution < -0.4 is 0 Å². The lowest BCUT2D eigenvalue weighted by atomic mass is 9.80. The normalized spacial score (nSPS) is 33.0. The van der Waals surface area contributed by atoms with Crippen LogP contribution in [0.5, 0.6) is 0 Å². The van der Waals surface area contributed by atoms with E-state index in [0.29, 0.717) is 12.2 Å². The molecule has 0 amide bonds. The van der Waals surface area contributed by atoms with Crippen LogP contribution in [0.2, 0.25) is 0 Å². The average Bonchev–Trinajstić information content (AvgIpc) is 1.78. The van der Waals surface area contributed by atoms with Gasteiger partial charge in [0.15, 0.2) is 9.84 Å². The Kier molecular flexibility index (Phi) is 0.915. The molecule has 2 fully saturated rings. The molecule has 4 heteroatoms. The van der Waals surface area contributed by atoms with Gasteiger partial charge < -0.3 is 0 Å². The summed E-state index contributed by atoms with van der Waals surface area (Å²) in [6.45, 7) is 0. The third kappa shape index (κ3) is 0.509. The van der Waals surface area contributed by atoms with Crippen molar-refractivity contribution < 1.29 is 13.2 Å². The van der Waals surface area contributed by atoms with E-state index >= 15 is 0 Å². The van der Waals surface area contributed by atoms with Gasteiger partial charge in [0.2, 0.25) is 0 Å². The van der Waals surface area contributed by atoms with E-state index in [1.807, 2.05) is 0 Å². The minimum absolute atomic E-state index is 0.100. The molecule has 10 heavy (non-hydrogen) atoms. The van der Waals surface area contributed by atoms with Gasteiger partial charge in [-0.1, -0.05) is 0 Å². The molecule has 3 nitrogen and oxygen atoms in total. The number of hydrogen-bond donors (Lipinski definition) is 0. The van der Waals surface area contributed by atoms with E-state index in [-0.39, 0.29) is 18.6 Å². The largest absolute Gasteiger partial charge is 0.300 e. The Bertz CT molecular complexity index is 280. The SMILES string of the molecule is O=C1CC2(CCS2(=O)=O)C1. The van der Waals surface area contributed by atoms with Gasteiger partial charge in [-0.25, -0.2) is 8.42 Å². The smallest absolute Gasteiger partial charge is 0.156 e. The second-order valence-electron chi connectivity index (χ2n) is 3.14. The highest BCUT2D eigenvalue weighted by Crippen LogP contribution is 2.47. The highest BCUT2D eigenvalue weighted by Gasteiger charge is 2.59. The average molecular weight is 160 g/mol. The number of carbonyl (C=O) groups excluding carboxylic acids is 1. The van der Waals surface area contributed by atoms with Crippen molar-refractivity contribution in [3.63, 3.8) is 0 Å². The first-order valence-electron chi connectivity index (χ1n) is 3.30. The predicted octanol–water partition coefficient (Wildman–Crippen LogP) is -0.0934. The van der Waals surface area contributed by atoms with Crippen molar-refractivity contribution in [2.45, 2.75) is 24.0 Å². The van der Waals surface area contributed by atoms with Gasteiger partial charge in [-0.2, -0.15) is 0 Å². The first-order chi connectivity index (χ1) is 4.56. The molecule has 0 atom stereocenters. The molecule has 0 radical (unpaired) electrons. The molecule has 1 aliphatic carbocycles. The van der Waals surface area contributed by atoms with Crippen LogP contribution in [0.15, 0.2) is 0 Å². The van der Waals surface area contributed by atoms with E-state index in [2.05, 4.69) is 0 Å². The molecule has 2 aliphatic rings. The number of carbonyl (C=O) groups is 1. The first-order valence-corrected chi connectivity index (χ1v) is 4.95. The van der Waals surface area contributed by atoms with Gasteiger partial charge in [0.1, 0.15) is 5.78 Å². The summed E-state index contributed by atoms with van der Waals surface area (Å²) in [5, 5.41) is 0. The van der Waals surface area contributed by atoms with Crippen LogP contribution in [-0.2, 0) is 14.6 Å². The Hall–Kier alpha value is -0.380. The summed E-state index contributed by atoms with van der Waals surface area (Å²) in [5.41, 5.74) is 0. The molecule has 0 aromatic rings. The zero-order chi connectivity index (χ0) is 7.41. The van der Waals surface area contributed by atoms with E-state index in [4.69, 9.17) is 0 Å². The van der Waals surface area contributed by atoms with E-state index in [0.717, 1.165) is 0 Å². The molecule has 1 aliphatic heterocycles. The van der Waals surface area contributed by atoms with Gasteiger partial charge in [-0.15, -0.1) is 0 Å². The Morgan fingerprint density at radius 2 is 1.90 bits per heavy atom. The molecule has 56 valence electrons. The Labute approximate surface area is 59.3 Å². The zero-order valence-electron chi connectivity index (χ0n) is 5.46. The summed E-state index contributed by atoms with van der Waals surface area (Å²) >= 11 is 0. The van der Waals surface area contributed by atoms with E-state index < -0.39 is 14.6 Å². The molecular weight excluding hydrogens is 152 g/mol. The number of sulfone groups is 1. The van der Waals surface area contributed by atoms with Crippen LogP contribution in [0.25, 0.3) is 0 Å². The van der Waals surface area contributed by atoms with Gasteiger partial charge in [0.25, 0.3) is 0 Å². The Balaban J connectivity index is 2.29. The summed E-state index contributed by atoms with van der Waals surface area (Å²) in [7, 11) is -2.84. The van der Waals surface area contributed by atoms with Gasteiger partial charge >= 0.3 is 0 Å². The lowest BCUT2D eigenvalue weighted by Crippen LogP contribution is -2.59. The molecule has 1 spiro atoms. The van der Waals surface area contributed by atoms with Crippen molar-refractivity contribution in [2.24, 2.45) is 0 Å². The minimum atomic E-state index is -2.84. The van der Waals surface area contributed by atoms with Crippen LogP contribution in [-0.4, -0.2) is 24.7 Å². The molecule has 1 saturated heterocycles. The Morgan fingerprint density at radius 3 is 2.00 bits per heavy atom. The van der Waals surface area contributed by atoms with Crippen molar-refractivity contribution in [1.82, 2.24) is 0 Å². The quantitative estimate of drug-likeness (QED) is 0.497. The monoisotopic (exact) mass is 160 g/mol. The van der Waals surface area contributed by atoms with Crippen LogP contribution in [0.4, 0.5) is 0 Å². The third-order valence-corrected chi connectivity index (χ3v) is 5.08.